The van der Waals surface area contributed by atoms with Crippen LogP contribution in [-0.4, -0.2) is 21.4 Å². The monoisotopic (exact) mass is 457 g/mol. The molecule has 0 saturated carbocycles. The Morgan fingerprint density at radius 1 is 1.03 bits per heavy atom. The largest absolute Gasteiger partial charge is 0.402 e. The van der Waals surface area contributed by atoms with E-state index >= 15 is 0 Å². The number of cyclic esters (lactones) is 1. The Balaban J connectivity index is 1.51. The van der Waals surface area contributed by atoms with Crippen LogP contribution in [0.2, 0.25) is 5.02 Å². The first-order chi connectivity index (χ1) is 16.0. The first-order valence-electron chi connectivity index (χ1n) is 10.1. The lowest BCUT2D eigenvalue weighted by Crippen LogP contribution is -2.05. The quantitative estimate of drug-likeness (QED) is 0.169. The molecule has 0 unspecified atom stereocenters. The SMILES string of the molecule is O=C1OC(c2ccccc2Cl)=NC1=Cc1cn(Cc2ccc([N+](=O)[O-])cc2)c2ccccc12. The van der Waals surface area contributed by atoms with E-state index in [1.165, 1.54) is 12.1 Å². The average molecular weight is 458 g/mol. The zero-order valence-corrected chi connectivity index (χ0v) is 17.9. The topological polar surface area (TPSA) is 86.7 Å². The highest BCUT2D eigenvalue weighted by molar-refractivity contribution is 6.34. The number of hydrogen-bond donors (Lipinski definition) is 0. The van der Waals surface area contributed by atoms with Crippen LogP contribution < -0.4 is 0 Å². The summed E-state index contributed by atoms with van der Waals surface area (Å²) in [6, 6.07) is 21.3. The number of nitro groups is 1. The number of para-hydroxylation sites is 1. The van der Waals surface area contributed by atoms with E-state index in [0.717, 1.165) is 22.0 Å². The third-order valence-corrected chi connectivity index (χ3v) is 5.67. The maximum Gasteiger partial charge on any atom is 0.363 e. The van der Waals surface area contributed by atoms with Crippen LogP contribution in [-0.2, 0) is 16.1 Å². The van der Waals surface area contributed by atoms with Gasteiger partial charge in [0.15, 0.2) is 5.70 Å². The van der Waals surface area contributed by atoms with Gasteiger partial charge in [-0.2, -0.15) is 0 Å². The molecule has 2 heterocycles. The number of halogens is 1. The molecular formula is C25H16ClN3O4. The second kappa shape index (κ2) is 8.37. The third-order valence-electron chi connectivity index (χ3n) is 5.34. The van der Waals surface area contributed by atoms with Gasteiger partial charge in [-0.05, 0) is 29.8 Å². The van der Waals surface area contributed by atoms with E-state index in [2.05, 4.69) is 4.99 Å². The van der Waals surface area contributed by atoms with E-state index in [4.69, 9.17) is 16.3 Å². The number of aromatic nitrogens is 1. The smallest absolute Gasteiger partial charge is 0.363 e. The van der Waals surface area contributed by atoms with E-state index in [0.29, 0.717) is 17.1 Å². The number of benzene rings is 3. The van der Waals surface area contributed by atoms with E-state index in [1.54, 1.807) is 42.5 Å². The van der Waals surface area contributed by atoms with Crippen molar-refractivity contribution in [2.24, 2.45) is 4.99 Å². The van der Waals surface area contributed by atoms with Crippen LogP contribution in [0.25, 0.3) is 17.0 Å². The molecule has 8 heteroatoms. The van der Waals surface area contributed by atoms with Crippen molar-refractivity contribution in [3.8, 4) is 0 Å². The lowest BCUT2D eigenvalue weighted by molar-refractivity contribution is -0.384. The number of hydrogen-bond acceptors (Lipinski definition) is 5. The van der Waals surface area contributed by atoms with Crippen LogP contribution >= 0.6 is 11.6 Å². The summed E-state index contributed by atoms with van der Waals surface area (Å²) in [5.41, 5.74) is 3.47. The maximum absolute atomic E-state index is 12.5. The molecule has 0 bridgehead atoms. The predicted octanol–water partition coefficient (Wildman–Crippen LogP) is 5.60. The van der Waals surface area contributed by atoms with Gasteiger partial charge in [0.25, 0.3) is 5.69 Å². The summed E-state index contributed by atoms with van der Waals surface area (Å²) in [5.74, 6) is -0.372. The van der Waals surface area contributed by atoms with Crippen molar-refractivity contribution in [3.05, 3.63) is 117 Å². The minimum Gasteiger partial charge on any atom is -0.402 e. The maximum atomic E-state index is 12.5. The first kappa shape index (κ1) is 20.7. The minimum atomic E-state index is -0.544. The normalized spacial score (nSPS) is 14.5. The number of aliphatic imine (C=N–C) groups is 1. The molecule has 0 spiro atoms. The number of nitrogens with zero attached hydrogens (tertiary/aromatic N) is 3. The van der Waals surface area contributed by atoms with Gasteiger partial charge in [0.05, 0.1) is 15.5 Å². The molecule has 1 aliphatic rings. The molecule has 0 amide bonds. The van der Waals surface area contributed by atoms with Gasteiger partial charge in [0.1, 0.15) is 0 Å². The summed E-state index contributed by atoms with van der Waals surface area (Å²) in [5, 5.41) is 12.3. The van der Waals surface area contributed by atoms with E-state index in [1.807, 2.05) is 35.0 Å². The second-order valence-electron chi connectivity index (χ2n) is 7.47. The Morgan fingerprint density at radius 2 is 1.76 bits per heavy atom. The number of ether oxygens (including phenoxy) is 1. The summed E-state index contributed by atoms with van der Waals surface area (Å²) in [4.78, 5) is 27.3. The number of esters is 1. The lowest BCUT2D eigenvalue weighted by Gasteiger charge is -2.05. The summed E-state index contributed by atoms with van der Waals surface area (Å²) in [6.45, 7) is 0.514. The molecule has 0 fully saturated rings. The van der Waals surface area contributed by atoms with Crippen molar-refractivity contribution in [2.75, 3.05) is 0 Å². The van der Waals surface area contributed by atoms with Gasteiger partial charge in [-0.1, -0.05) is 54.1 Å². The molecular weight excluding hydrogens is 442 g/mol. The van der Waals surface area contributed by atoms with Crippen LogP contribution in [0.3, 0.4) is 0 Å². The summed E-state index contributed by atoms with van der Waals surface area (Å²) >= 11 is 6.21. The highest BCUT2D eigenvalue weighted by Gasteiger charge is 2.26. The Labute approximate surface area is 193 Å². The van der Waals surface area contributed by atoms with Gasteiger partial charge in [-0.3, -0.25) is 10.1 Å². The highest BCUT2D eigenvalue weighted by Crippen LogP contribution is 2.28. The van der Waals surface area contributed by atoms with Crippen LogP contribution in [0.5, 0.6) is 0 Å². The number of carbonyl (C=O) groups is 1. The fourth-order valence-electron chi connectivity index (χ4n) is 3.75. The molecule has 1 aliphatic heterocycles. The molecule has 4 aromatic rings. The van der Waals surface area contributed by atoms with Crippen LogP contribution in [0.4, 0.5) is 5.69 Å². The van der Waals surface area contributed by atoms with Crippen molar-refractivity contribution in [1.29, 1.82) is 0 Å². The van der Waals surface area contributed by atoms with E-state index in [9.17, 15) is 14.9 Å². The van der Waals surface area contributed by atoms with Crippen LogP contribution in [0.1, 0.15) is 16.7 Å². The number of non-ortho nitro benzene ring substituents is 1. The Kier molecular flexibility index (Phi) is 5.24. The Morgan fingerprint density at radius 3 is 2.52 bits per heavy atom. The molecule has 0 atom stereocenters. The number of nitro benzene ring substituents is 1. The number of rotatable bonds is 5. The van der Waals surface area contributed by atoms with Gasteiger partial charge < -0.3 is 9.30 Å². The average Bonchev–Trinajstić information content (AvgIpc) is 3.35. The zero-order chi connectivity index (χ0) is 22.9. The fourth-order valence-corrected chi connectivity index (χ4v) is 3.96. The molecule has 162 valence electrons. The first-order valence-corrected chi connectivity index (χ1v) is 10.5. The van der Waals surface area contributed by atoms with Gasteiger partial charge in [-0.25, -0.2) is 9.79 Å². The fraction of sp³-hybridized carbons (Fsp3) is 0.0400. The molecule has 7 nitrogen and oxygen atoms in total. The standard InChI is InChI=1S/C25H16ClN3O4/c26-21-7-3-1-6-20(21)24-27-22(25(30)33-24)13-17-15-28(23-8-4-2-5-19(17)23)14-16-9-11-18(12-10-16)29(31)32/h1-13,15H,14H2. The zero-order valence-electron chi connectivity index (χ0n) is 17.1. The van der Waals surface area contributed by atoms with Crippen molar-refractivity contribution >= 4 is 46.1 Å². The Bertz CT molecular complexity index is 1470. The molecule has 0 saturated heterocycles. The Hall–Kier alpha value is -4.23. The van der Waals surface area contributed by atoms with Crippen LogP contribution in [0, 0.1) is 10.1 Å². The van der Waals surface area contributed by atoms with Crippen molar-refractivity contribution in [2.45, 2.75) is 6.54 Å². The molecule has 5 rings (SSSR count). The van der Waals surface area contributed by atoms with Crippen molar-refractivity contribution in [1.82, 2.24) is 4.57 Å². The summed E-state index contributed by atoms with van der Waals surface area (Å²) < 4.78 is 7.38. The minimum absolute atomic E-state index is 0.0495. The van der Waals surface area contributed by atoms with Crippen molar-refractivity contribution < 1.29 is 14.5 Å². The molecule has 1 aromatic heterocycles. The van der Waals surface area contributed by atoms with Gasteiger partial charge >= 0.3 is 5.97 Å². The predicted molar refractivity (Wildman–Crippen MR) is 126 cm³/mol. The lowest BCUT2D eigenvalue weighted by atomic mass is 10.1. The van der Waals surface area contributed by atoms with Crippen molar-refractivity contribution in [3.63, 3.8) is 0 Å². The van der Waals surface area contributed by atoms with Crippen LogP contribution in [0.15, 0.2) is 89.7 Å². The summed E-state index contributed by atoms with van der Waals surface area (Å²) in [6.07, 6.45) is 3.62. The van der Waals surface area contributed by atoms with E-state index < -0.39 is 10.9 Å². The van der Waals surface area contributed by atoms with Gasteiger partial charge in [0, 0.05) is 41.3 Å². The molecule has 3 aromatic carbocycles. The number of fused-ring (bicyclic) bond motifs is 1. The molecule has 0 N–H and O–H groups in total. The summed E-state index contributed by atoms with van der Waals surface area (Å²) in [7, 11) is 0. The molecule has 0 radical (unpaired) electrons. The highest BCUT2D eigenvalue weighted by atomic mass is 35.5. The van der Waals surface area contributed by atoms with E-state index in [-0.39, 0.29) is 17.3 Å². The van der Waals surface area contributed by atoms with Gasteiger partial charge in [-0.15, -0.1) is 0 Å². The second-order valence-corrected chi connectivity index (χ2v) is 7.88. The molecule has 0 aliphatic carbocycles. The third kappa shape index (κ3) is 4.02. The number of carbonyl (C=O) groups excluding carboxylic acids is 1. The molecule has 33 heavy (non-hydrogen) atoms. The van der Waals surface area contributed by atoms with Gasteiger partial charge in [0.2, 0.25) is 5.90 Å².